The molecule has 0 bridgehead atoms. The predicted molar refractivity (Wildman–Crippen MR) is 114 cm³/mol. The maximum atomic E-state index is 12.4. The number of aryl methyl sites for hydroxylation is 2. The Balaban J connectivity index is 1.58. The van der Waals surface area contributed by atoms with Gasteiger partial charge >= 0.3 is 0 Å². The monoisotopic (exact) mass is 411 g/mol. The van der Waals surface area contributed by atoms with Gasteiger partial charge in [-0.3, -0.25) is 4.79 Å². The van der Waals surface area contributed by atoms with Gasteiger partial charge < -0.3 is 19.2 Å². The molecular weight excluding hydrogens is 386 g/mol. The van der Waals surface area contributed by atoms with Crippen LogP contribution in [0.25, 0.3) is 0 Å². The minimum absolute atomic E-state index is 0.229. The minimum Gasteiger partial charge on any atom is -0.497 e. The molecule has 2 aromatic carbocycles. The van der Waals surface area contributed by atoms with Gasteiger partial charge in [0, 0.05) is 17.5 Å². The summed E-state index contributed by atoms with van der Waals surface area (Å²) in [4.78, 5) is 13.6. The molecule has 5 nitrogen and oxygen atoms in total. The lowest BCUT2D eigenvalue weighted by Gasteiger charge is -2.09. The van der Waals surface area contributed by atoms with Gasteiger partial charge in [-0.05, 0) is 61.2 Å². The molecule has 152 valence electrons. The Morgan fingerprint density at radius 3 is 2.28 bits per heavy atom. The summed E-state index contributed by atoms with van der Waals surface area (Å²) in [5.74, 6) is 1.53. The molecular formula is C23H25NO4S. The van der Waals surface area contributed by atoms with E-state index in [2.05, 4.69) is 31.3 Å². The fourth-order valence-corrected chi connectivity index (χ4v) is 3.90. The van der Waals surface area contributed by atoms with E-state index in [0.29, 0.717) is 23.8 Å². The van der Waals surface area contributed by atoms with E-state index in [4.69, 9.17) is 13.9 Å². The Labute approximate surface area is 175 Å². The van der Waals surface area contributed by atoms with Crippen LogP contribution in [0.1, 0.15) is 27.2 Å². The first kappa shape index (κ1) is 20.9. The highest BCUT2D eigenvalue weighted by Gasteiger charge is 2.13. The zero-order chi connectivity index (χ0) is 20.8. The molecule has 0 fully saturated rings. The van der Waals surface area contributed by atoms with Crippen LogP contribution in [-0.2, 0) is 6.42 Å². The molecule has 3 aromatic rings. The van der Waals surface area contributed by atoms with E-state index in [-0.39, 0.29) is 5.91 Å². The number of methoxy groups -OCH3 is 2. The van der Waals surface area contributed by atoms with Crippen molar-refractivity contribution in [1.29, 1.82) is 0 Å². The summed E-state index contributed by atoms with van der Waals surface area (Å²) in [6, 6.07) is 15.4. The van der Waals surface area contributed by atoms with Crippen LogP contribution >= 0.6 is 11.8 Å². The number of hydrogen-bond donors (Lipinski definition) is 1. The number of rotatable bonds is 8. The number of amides is 1. The van der Waals surface area contributed by atoms with Crippen molar-refractivity contribution in [3.63, 3.8) is 0 Å². The highest BCUT2D eigenvalue weighted by Crippen LogP contribution is 2.33. The van der Waals surface area contributed by atoms with Gasteiger partial charge in [0.1, 0.15) is 11.5 Å². The van der Waals surface area contributed by atoms with Gasteiger partial charge in [0.2, 0.25) is 0 Å². The molecule has 0 saturated heterocycles. The highest BCUT2D eigenvalue weighted by atomic mass is 32.2. The van der Waals surface area contributed by atoms with E-state index in [1.165, 1.54) is 22.9 Å². The Bertz CT molecular complexity index is 954. The average Bonchev–Trinajstić information content (AvgIpc) is 3.19. The highest BCUT2D eigenvalue weighted by molar-refractivity contribution is 7.99. The zero-order valence-corrected chi connectivity index (χ0v) is 17.9. The summed E-state index contributed by atoms with van der Waals surface area (Å²) >= 11 is 1.53. The summed E-state index contributed by atoms with van der Waals surface area (Å²) in [6.45, 7) is 4.62. The van der Waals surface area contributed by atoms with E-state index >= 15 is 0 Å². The molecule has 0 unspecified atom stereocenters. The Kier molecular flexibility index (Phi) is 6.88. The third-order valence-electron chi connectivity index (χ3n) is 4.53. The molecule has 0 atom stereocenters. The first-order chi connectivity index (χ1) is 14.0. The maximum absolute atomic E-state index is 12.4. The first-order valence-corrected chi connectivity index (χ1v) is 10.2. The van der Waals surface area contributed by atoms with Gasteiger partial charge in [0.05, 0.1) is 14.2 Å². The molecule has 3 rings (SSSR count). The average molecular weight is 412 g/mol. The van der Waals surface area contributed by atoms with Crippen molar-refractivity contribution in [3.8, 4) is 11.5 Å². The van der Waals surface area contributed by atoms with Gasteiger partial charge in [-0.25, -0.2) is 0 Å². The predicted octanol–water partition coefficient (Wildman–Crippen LogP) is 5.04. The summed E-state index contributed by atoms with van der Waals surface area (Å²) in [5.41, 5.74) is 3.39. The first-order valence-electron chi connectivity index (χ1n) is 9.34. The standard InChI is InChI=1S/C23H25NO4S/c1-15-6-5-7-16(2)22(15)29-21-9-8-20(28-21)23(25)24-11-10-17-12-18(26-3)14-19(13-17)27-4/h5-9,12-14H,10-11H2,1-4H3,(H,24,25). The SMILES string of the molecule is COc1cc(CCNC(=O)c2ccc(Sc3c(C)cccc3C)o2)cc(OC)c1. The van der Waals surface area contributed by atoms with Crippen molar-refractivity contribution >= 4 is 17.7 Å². The second kappa shape index (κ2) is 9.56. The van der Waals surface area contributed by atoms with E-state index in [1.54, 1.807) is 20.3 Å². The van der Waals surface area contributed by atoms with E-state index in [9.17, 15) is 4.79 Å². The topological polar surface area (TPSA) is 60.7 Å². The van der Waals surface area contributed by atoms with Crippen LogP contribution in [0, 0.1) is 13.8 Å². The number of carbonyl (C=O) groups excluding carboxylic acids is 1. The van der Waals surface area contributed by atoms with Crippen molar-refractivity contribution < 1.29 is 18.7 Å². The molecule has 0 saturated carbocycles. The molecule has 1 aromatic heterocycles. The van der Waals surface area contributed by atoms with Crippen LogP contribution < -0.4 is 14.8 Å². The third-order valence-corrected chi connectivity index (χ3v) is 5.80. The molecule has 1 amide bonds. The minimum atomic E-state index is -0.229. The number of ether oxygens (including phenoxy) is 2. The van der Waals surface area contributed by atoms with Gasteiger partial charge in [-0.15, -0.1) is 0 Å². The van der Waals surface area contributed by atoms with Crippen LogP contribution in [0.5, 0.6) is 11.5 Å². The lowest BCUT2D eigenvalue weighted by molar-refractivity contribution is 0.0921. The summed E-state index contributed by atoms with van der Waals surface area (Å²) < 4.78 is 16.3. The van der Waals surface area contributed by atoms with Crippen LogP contribution in [0.4, 0.5) is 0 Å². The Hall–Kier alpha value is -2.86. The van der Waals surface area contributed by atoms with Crippen LogP contribution in [0.2, 0.25) is 0 Å². The zero-order valence-electron chi connectivity index (χ0n) is 17.1. The molecule has 1 heterocycles. The van der Waals surface area contributed by atoms with E-state index < -0.39 is 0 Å². The van der Waals surface area contributed by atoms with Crippen LogP contribution in [-0.4, -0.2) is 26.7 Å². The van der Waals surface area contributed by atoms with Crippen LogP contribution in [0.3, 0.4) is 0 Å². The van der Waals surface area contributed by atoms with Crippen molar-refractivity contribution in [2.45, 2.75) is 30.3 Å². The largest absolute Gasteiger partial charge is 0.497 e. The second-order valence-electron chi connectivity index (χ2n) is 6.67. The molecule has 0 radical (unpaired) electrons. The van der Waals surface area contributed by atoms with Crippen LogP contribution in [0.15, 0.2) is 62.9 Å². The van der Waals surface area contributed by atoms with Gasteiger partial charge in [0.15, 0.2) is 10.9 Å². The molecule has 0 aliphatic carbocycles. The molecule has 0 spiro atoms. The fourth-order valence-electron chi connectivity index (χ4n) is 2.98. The summed E-state index contributed by atoms with van der Waals surface area (Å²) in [6.07, 6.45) is 0.657. The van der Waals surface area contributed by atoms with Gasteiger partial charge in [0.25, 0.3) is 5.91 Å². The summed E-state index contributed by atoms with van der Waals surface area (Å²) in [7, 11) is 3.23. The quantitative estimate of drug-likeness (QED) is 0.563. The van der Waals surface area contributed by atoms with E-state index in [1.807, 2.05) is 30.3 Å². The number of benzene rings is 2. The number of furan rings is 1. The molecule has 0 aliphatic rings. The molecule has 1 N–H and O–H groups in total. The Morgan fingerprint density at radius 2 is 1.66 bits per heavy atom. The van der Waals surface area contributed by atoms with Crippen molar-refractivity contribution in [1.82, 2.24) is 5.32 Å². The lowest BCUT2D eigenvalue weighted by atomic mass is 10.1. The van der Waals surface area contributed by atoms with E-state index in [0.717, 1.165) is 22.0 Å². The number of nitrogens with one attached hydrogen (secondary N) is 1. The van der Waals surface area contributed by atoms with Crippen molar-refractivity contribution in [2.24, 2.45) is 0 Å². The number of carbonyl (C=O) groups is 1. The van der Waals surface area contributed by atoms with Crippen molar-refractivity contribution in [3.05, 3.63) is 71.0 Å². The van der Waals surface area contributed by atoms with Gasteiger partial charge in [-0.1, -0.05) is 30.0 Å². The molecule has 29 heavy (non-hydrogen) atoms. The maximum Gasteiger partial charge on any atom is 0.287 e. The second-order valence-corrected chi connectivity index (χ2v) is 7.68. The Morgan fingerprint density at radius 1 is 1.00 bits per heavy atom. The van der Waals surface area contributed by atoms with Gasteiger partial charge in [-0.2, -0.15) is 0 Å². The van der Waals surface area contributed by atoms with Crippen molar-refractivity contribution in [2.75, 3.05) is 20.8 Å². The molecule has 6 heteroatoms. The summed E-state index contributed by atoms with van der Waals surface area (Å²) in [5, 5.41) is 3.60. The third kappa shape index (κ3) is 5.35. The normalized spacial score (nSPS) is 10.6. The smallest absolute Gasteiger partial charge is 0.287 e. The lowest BCUT2D eigenvalue weighted by Crippen LogP contribution is -2.25. The number of hydrogen-bond acceptors (Lipinski definition) is 5. The molecule has 0 aliphatic heterocycles. The fraction of sp³-hybridized carbons (Fsp3) is 0.261.